The molecule has 0 aromatic heterocycles. The van der Waals surface area contributed by atoms with Gasteiger partial charge in [0, 0.05) is 0 Å². The Morgan fingerprint density at radius 2 is 2.10 bits per heavy atom. The van der Waals surface area contributed by atoms with E-state index in [-0.39, 0.29) is 6.10 Å². The molecule has 0 heterocycles. The molecule has 1 aromatic carbocycles. The van der Waals surface area contributed by atoms with Crippen LogP contribution in [0.5, 0.6) is 5.75 Å². The second-order valence-electron chi connectivity index (χ2n) is 6.83. The predicted molar refractivity (Wildman–Crippen MR) is 90.0 cm³/mol. The summed E-state index contributed by atoms with van der Waals surface area (Å²) in [5.41, 5.74) is 1.46. The second kappa shape index (κ2) is 7.84. The lowest BCUT2D eigenvalue weighted by Crippen LogP contribution is -2.31. The zero-order valence-corrected chi connectivity index (χ0v) is 14.1. The van der Waals surface area contributed by atoms with Gasteiger partial charge in [-0.3, -0.25) is 0 Å². The highest BCUT2D eigenvalue weighted by molar-refractivity contribution is 5.32. The van der Waals surface area contributed by atoms with Crippen molar-refractivity contribution < 1.29 is 4.74 Å². The van der Waals surface area contributed by atoms with Crippen molar-refractivity contribution in [3.63, 3.8) is 0 Å². The lowest BCUT2D eigenvalue weighted by molar-refractivity contribution is 0.234. The van der Waals surface area contributed by atoms with E-state index in [2.05, 4.69) is 57.3 Å². The van der Waals surface area contributed by atoms with E-state index in [0.717, 1.165) is 30.7 Å². The van der Waals surface area contributed by atoms with E-state index in [1.54, 1.807) is 0 Å². The summed E-state index contributed by atoms with van der Waals surface area (Å²) < 4.78 is 5.87. The molecule has 21 heavy (non-hydrogen) atoms. The first-order valence-electron chi connectivity index (χ1n) is 8.57. The molecule has 1 fully saturated rings. The summed E-state index contributed by atoms with van der Waals surface area (Å²) in [7, 11) is 0. The van der Waals surface area contributed by atoms with Crippen LogP contribution < -0.4 is 10.1 Å². The number of rotatable bonds is 6. The Kier molecular flexibility index (Phi) is 6.10. The average Bonchev–Trinajstić information content (AvgIpc) is 2.45. The van der Waals surface area contributed by atoms with Crippen LogP contribution in [0.1, 0.15) is 58.4 Å². The van der Waals surface area contributed by atoms with Gasteiger partial charge in [-0.25, -0.2) is 0 Å². The molecular formula is C19H31NO. The van der Waals surface area contributed by atoms with Crippen LogP contribution in [0.3, 0.4) is 0 Å². The fourth-order valence-electron chi connectivity index (χ4n) is 3.52. The van der Waals surface area contributed by atoms with Crippen LogP contribution in [-0.4, -0.2) is 19.2 Å². The third-order valence-electron chi connectivity index (χ3n) is 4.57. The molecule has 3 unspecified atom stereocenters. The lowest BCUT2D eigenvalue weighted by atomic mass is 9.71. The first-order valence-corrected chi connectivity index (χ1v) is 8.57. The monoisotopic (exact) mass is 289 g/mol. The van der Waals surface area contributed by atoms with Crippen molar-refractivity contribution in [2.75, 3.05) is 13.1 Å². The Hall–Kier alpha value is -1.02. The summed E-state index contributed by atoms with van der Waals surface area (Å²) in [6, 6.07) is 8.78. The molecule has 1 aliphatic rings. The molecule has 1 aromatic rings. The Morgan fingerprint density at radius 3 is 2.81 bits per heavy atom. The van der Waals surface area contributed by atoms with E-state index >= 15 is 0 Å². The van der Waals surface area contributed by atoms with Gasteiger partial charge in [0.05, 0.1) is 6.10 Å². The normalized spacial score (nSPS) is 26.0. The van der Waals surface area contributed by atoms with Crippen molar-refractivity contribution in [3.8, 4) is 5.75 Å². The maximum atomic E-state index is 5.87. The highest BCUT2D eigenvalue weighted by Gasteiger charge is 2.29. The molecule has 1 N–H and O–H groups in total. The fourth-order valence-corrected chi connectivity index (χ4v) is 3.52. The zero-order valence-electron chi connectivity index (χ0n) is 14.1. The van der Waals surface area contributed by atoms with Gasteiger partial charge in [0.15, 0.2) is 0 Å². The number of ether oxygens (including phenoxy) is 1. The number of hydrogen-bond donors (Lipinski definition) is 1. The molecule has 0 radical (unpaired) electrons. The fraction of sp³-hybridized carbons (Fsp3) is 0.684. The molecule has 0 bridgehead atoms. The second-order valence-corrected chi connectivity index (χ2v) is 6.83. The van der Waals surface area contributed by atoms with Crippen LogP contribution in [-0.2, 0) is 0 Å². The SMILES string of the molecule is CCNCC1CCC(C)CC1c1cccc(OC(C)C)c1. The van der Waals surface area contributed by atoms with Gasteiger partial charge in [-0.2, -0.15) is 0 Å². The highest BCUT2D eigenvalue weighted by atomic mass is 16.5. The molecule has 1 aliphatic carbocycles. The average molecular weight is 289 g/mol. The van der Waals surface area contributed by atoms with Crippen molar-refractivity contribution >= 4 is 0 Å². The molecule has 0 spiro atoms. The largest absolute Gasteiger partial charge is 0.491 e. The standard InChI is InChI=1S/C19H31NO/c1-5-20-13-17-10-9-15(4)11-19(17)16-7-6-8-18(12-16)21-14(2)3/h6-8,12,14-15,17,19-20H,5,9-11,13H2,1-4H3. The molecule has 2 heteroatoms. The summed E-state index contributed by atoms with van der Waals surface area (Å²) in [5, 5.41) is 3.55. The van der Waals surface area contributed by atoms with Crippen molar-refractivity contribution in [1.82, 2.24) is 5.32 Å². The maximum Gasteiger partial charge on any atom is 0.119 e. The topological polar surface area (TPSA) is 21.3 Å². The number of hydrogen-bond acceptors (Lipinski definition) is 2. The van der Waals surface area contributed by atoms with Crippen LogP contribution in [0.15, 0.2) is 24.3 Å². The predicted octanol–water partition coefficient (Wildman–Crippen LogP) is 4.60. The summed E-state index contributed by atoms with van der Waals surface area (Å²) >= 11 is 0. The van der Waals surface area contributed by atoms with Gasteiger partial charge in [0.2, 0.25) is 0 Å². The van der Waals surface area contributed by atoms with Crippen LogP contribution in [0, 0.1) is 11.8 Å². The Bertz CT molecular complexity index is 427. The lowest BCUT2D eigenvalue weighted by Gasteiger charge is -2.35. The molecule has 2 nitrogen and oxygen atoms in total. The minimum Gasteiger partial charge on any atom is -0.491 e. The van der Waals surface area contributed by atoms with E-state index in [1.807, 2.05) is 0 Å². The Balaban J connectivity index is 2.14. The maximum absolute atomic E-state index is 5.87. The molecule has 2 rings (SSSR count). The van der Waals surface area contributed by atoms with Crippen molar-refractivity contribution in [1.29, 1.82) is 0 Å². The van der Waals surface area contributed by atoms with Gasteiger partial charge in [-0.05, 0) is 75.2 Å². The molecule has 3 atom stereocenters. The zero-order chi connectivity index (χ0) is 15.2. The van der Waals surface area contributed by atoms with Crippen molar-refractivity contribution in [2.45, 2.75) is 59.0 Å². The molecule has 0 amide bonds. The van der Waals surface area contributed by atoms with E-state index in [4.69, 9.17) is 4.74 Å². The Morgan fingerprint density at radius 1 is 1.29 bits per heavy atom. The van der Waals surface area contributed by atoms with Gasteiger partial charge in [0.1, 0.15) is 5.75 Å². The van der Waals surface area contributed by atoms with Crippen LogP contribution in [0.25, 0.3) is 0 Å². The van der Waals surface area contributed by atoms with Gasteiger partial charge in [0.25, 0.3) is 0 Å². The molecule has 118 valence electrons. The molecule has 0 aliphatic heterocycles. The van der Waals surface area contributed by atoms with Crippen molar-refractivity contribution in [2.24, 2.45) is 11.8 Å². The number of nitrogens with one attached hydrogen (secondary N) is 1. The van der Waals surface area contributed by atoms with E-state index in [0.29, 0.717) is 5.92 Å². The third-order valence-corrected chi connectivity index (χ3v) is 4.57. The smallest absolute Gasteiger partial charge is 0.119 e. The Labute approximate surface area is 130 Å². The first kappa shape index (κ1) is 16.4. The minimum atomic E-state index is 0.239. The highest BCUT2D eigenvalue weighted by Crippen LogP contribution is 2.41. The van der Waals surface area contributed by atoms with E-state index in [1.165, 1.54) is 24.8 Å². The van der Waals surface area contributed by atoms with Crippen LogP contribution in [0.4, 0.5) is 0 Å². The van der Waals surface area contributed by atoms with Crippen LogP contribution in [0.2, 0.25) is 0 Å². The molecule has 0 saturated heterocycles. The van der Waals surface area contributed by atoms with Crippen LogP contribution >= 0.6 is 0 Å². The summed E-state index contributed by atoms with van der Waals surface area (Å²) in [6.45, 7) is 11.0. The quantitative estimate of drug-likeness (QED) is 0.826. The van der Waals surface area contributed by atoms with Gasteiger partial charge in [-0.15, -0.1) is 0 Å². The summed E-state index contributed by atoms with van der Waals surface area (Å²) in [4.78, 5) is 0. The summed E-state index contributed by atoms with van der Waals surface area (Å²) in [5.74, 6) is 3.28. The minimum absolute atomic E-state index is 0.239. The van der Waals surface area contributed by atoms with E-state index < -0.39 is 0 Å². The summed E-state index contributed by atoms with van der Waals surface area (Å²) in [6.07, 6.45) is 4.26. The van der Waals surface area contributed by atoms with Gasteiger partial charge in [-0.1, -0.05) is 32.4 Å². The van der Waals surface area contributed by atoms with E-state index in [9.17, 15) is 0 Å². The van der Waals surface area contributed by atoms with Crippen molar-refractivity contribution in [3.05, 3.63) is 29.8 Å². The first-order chi connectivity index (χ1) is 10.1. The number of benzene rings is 1. The molecule has 1 saturated carbocycles. The molecular weight excluding hydrogens is 258 g/mol. The van der Waals surface area contributed by atoms with Gasteiger partial charge >= 0.3 is 0 Å². The van der Waals surface area contributed by atoms with Gasteiger partial charge < -0.3 is 10.1 Å². The third kappa shape index (κ3) is 4.74.